The largest absolute Gasteiger partial charge is 0.496 e. The van der Waals surface area contributed by atoms with Crippen LogP contribution in [0.25, 0.3) is 0 Å². The Kier molecular flexibility index (Phi) is 5.32. The molecule has 3 rings (SSSR count). The third-order valence-corrected chi connectivity index (χ3v) is 5.84. The highest BCUT2D eigenvalue weighted by Crippen LogP contribution is 2.52. The van der Waals surface area contributed by atoms with Crippen LogP contribution in [-0.2, 0) is 9.54 Å². The smallest absolute Gasteiger partial charge is 0.269 e. The normalized spacial score (nSPS) is 21.0. The maximum absolute atomic E-state index is 12.3. The Balaban J connectivity index is 2.13. The highest BCUT2D eigenvalue weighted by atomic mass is 32.2. The molecule has 2 unspecified atom stereocenters. The van der Waals surface area contributed by atoms with Crippen LogP contribution in [0.15, 0.2) is 77.7 Å². The first kappa shape index (κ1) is 18.7. The maximum atomic E-state index is 12.3. The number of hydrogen-bond acceptors (Lipinski definition) is 5. The summed E-state index contributed by atoms with van der Waals surface area (Å²) >= 11 is 1.41. The first-order valence-corrected chi connectivity index (χ1v) is 9.02. The average molecular weight is 382 g/mol. The predicted molar refractivity (Wildman–Crippen MR) is 105 cm³/mol. The van der Waals surface area contributed by atoms with Crippen LogP contribution in [0.4, 0.5) is 5.69 Å². The monoisotopic (exact) mass is 382 g/mol. The fraction of sp³-hybridized carbons (Fsp3) is 0.150. The highest BCUT2D eigenvalue weighted by molar-refractivity contribution is 8.00. The third-order valence-electron chi connectivity index (χ3n) is 4.39. The molecule has 0 radical (unpaired) electrons. The van der Waals surface area contributed by atoms with Crippen molar-refractivity contribution in [3.05, 3.63) is 88.5 Å². The first-order valence-electron chi connectivity index (χ1n) is 8.20. The van der Waals surface area contributed by atoms with Gasteiger partial charge in [0, 0.05) is 22.6 Å². The lowest BCUT2D eigenvalue weighted by atomic mass is 9.81. The van der Waals surface area contributed by atoms with E-state index in [4.69, 9.17) is 10.5 Å². The minimum atomic E-state index is -0.830. The maximum Gasteiger partial charge on any atom is 0.269 e. The van der Waals surface area contributed by atoms with Gasteiger partial charge in [0.15, 0.2) is 0 Å². The number of nitrogens with zero attached hydrogens (tertiary/aromatic N) is 1. The second-order valence-electron chi connectivity index (χ2n) is 5.97. The van der Waals surface area contributed by atoms with Crippen LogP contribution in [0, 0.1) is 16.0 Å². The van der Waals surface area contributed by atoms with Crippen LogP contribution in [0.2, 0.25) is 0 Å². The van der Waals surface area contributed by atoms with Gasteiger partial charge in [-0.3, -0.25) is 14.9 Å². The topological polar surface area (TPSA) is 95.5 Å². The van der Waals surface area contributed by atoms with Crippen molar-refractivity contribution in [1.82, 2.24) is 0 Å². The minimum absolute atomic E-state index is 0.0104. The summed E-state index contributed by atoms with van der Waals surface area (Å²) in [7, 11) is 1.57. The van der Waals surface area contributed by atoms with E-state index in [1.165, 1.54) is 23.9 Å². The second kappa shape index (κ2) is 7.67. The van der Waals surface area contributed by atoms with Gasteiger partial charge in [0.25, 0.3) is 5.69 Å². The number of hydrogen-bond donors (Lipinski definition) is 1. The summed E-state index contributed by atoms with van der Waals surface area (Å²) in [5.41, 5.74) is 6.54. The quantitative estimate of drug-likeness (QED) is 0.605. The number of primary amides is 1. The number of nitro benzene ring substituents is 1. The number of methoxy groups -OCH3 is 1. The van der Waals surface area contributed by atoms with Crippen LogP contribution in [0.3, 0.4) is 0 Å². The van der Waals surface area contributed by atoms with Crippen molar-refractivity contribution < 1.29 is 14.5 Å². The number of nitro groups is 1. The molecule has 1 amide bonds. The van der Waals surface area contributed by atoms with Gasteiger partial charge in [-0.25, -0.2) is 0 Å². The summed E-state index contributed by atoms with van der Waals surface area (Å²) < 4.78 is 4.70. The van der Waals surface area contributed by atoms with Crippen molar-refractivity contribution in [3.8, 4) is 5.75 Å². The minimum Gasteiger partial charge on any atom is -0.496 e. The molecule has 27 heavy (non-hydrogen) atoms. The van der Waals surface area contributed by atoms with Crippen LogP contribution in [0.1, 0.15) is 5.56 Å². The second-order valence-corrected chi connectivity index (χ2v) is 7.32. The van der Waals surface area contributed by atoms with E-state index in [0.717, 1.165) is 10.5 Å². The number of para-hydroxylation sites is 1. The van der Waals surface area contributed by atoms with Gasteiger partial charge in [-0.15, -0.1) is 11.8 Å². The molecular weight excluding hydrogens is 364 g/mol. The number of non-ortho nitro benzene ring substituents is 1. The molecular formula is C20H18N2O4S. The molecule has 6 nitrogen and oxygen atoms in total. The van der Waals surface area contributed by atoms with Crippen molar-refractivity contribution in [2.45, 2.75) is 9.64 Å². The molecule has 1 aliphatic rings. The molecule has 7 heteroatoms. The van der Waals surface area contributed by atoms with E-state index in [1.807, 2.05) is 36.4 Å². The zero-order valence-electron chi connectivity index (χ0n) is 14.6. The van der Waals surface area contributed by atoms with Gasteiger partial charge in [-0.1, -0.05) is 42.5 Å². The Morgan fingerprint density at radius 3 is 2.52 bits per heavy atom. The number of amides is 1. The molecule has 0 heterocycles. The summed E-state index contributed by atoms with van der Waals surface area (Å²) in [6.45, 7) is 0. The number of carbonyl (C=O) groups excluding carboxylic acids is 1. The van der Waals surface area contributed by atoms with Crippen molar-refractivity contribution in [1.29, 1.82) is 0 Å². The zero-order chi connectivity index (χ0) is 19.4. The molecule has 0 spiro atoms. The molecule has 2 aromatic rings. The molecule has 0 fully saturated rings. The van der Waals surface area contributed by atoms with Crippen LogP contribution < -0.4 is 10.5 Å². The lowest BCUT2D eigenvalue weighted by Crippen LogP contribution is -2.39. The zero-order valence-corrected chi connectivity index (χ0v) is 15.4. The number of benzene rings is 2. The molecule has 0 bridgehead atoms. The van der Waals surface area contributed by atoms with Gasteiger partial charge >= 0.3 is 0 Å². The van der Waals surface area contributed by atoms with E-state index < -0.39 is 21.5 Å². The Morgan fingerprint density at radius 2 is 1.89 bits per heavy atom. The Labute approximate surface area is 160 Å². The lowest BCUT2D eigenvalue weighted by molar-refractivity contribution is -0.384. The van der Waals surface area contributed by atoms with Gasteiger partial charge in [-0.2, -0.15) is 0 Å². The molecule has 1 aliphatic carbocycles. The third kappa shape index (κ3) is 3.59. The van der Waals surface area contributed by atoms with Gasteiger partial charge in [-0.05, 0) is 18.2 Å². The fourth-order valence-electron chi connectivity index (χ4n) is 3.13. The molecule has 0 aromatic heterocycles. The van der Waals surface area contributed by atoms with E-state index in [-0.39, 0.29) is 5.69 Å². The Hall–Kier alpha value is -3.06. The van der Waals surface area contributed by atoms with Crippen molar-refractivity contribution in [2.24, 2.45) is 11.7 Å². The summed E-state index contributed by atoms with van der Waals surface area (Å²) in [6.07, 6.45) is 7.35. The number of thioether (sulfide) groups is 1. The van der Waals surface area contributed by atoms with Gasteiger partial charge in [0.05, 0.1) is 22.7 Å². The van der Waals surface area contributed by atoms with Crippen LogP contribution in [0.5, 0.6) is 5.75 Å². The molecule has 138 valence electrons. The van der Waals surface area contributed by atoms with E-state index in [0.29, 0.717) is 5.75 Å². The molecule has 2 atom stereocenters. The number of allylic oxidation sites excluding steroid dienone is 2. The fourth-order valence-corrected chi connectivity index (χ4v) is 4.54. The standard InChI is InChI=1S/C20H18N2O4S/c1-26-18-8-3-2-6-16(18)20(13-5-4-7-17(20)19(21)23)27-15-11-9-14(10-12-15)22(24)25/h2-13,17H,1H3,(H2,21,23). The molecule has 0 aliphatic heterocycles. The molecule has 0 saturated carbocycles. The molecule has 0 saturated heterocycles. The van der Waals surface area contributed by atoms with Crippen molar-refractivity contribution in [2.75, 3.05) is 7.11 Å². The number of carbonyl (C=O) groups is 1. The average Bonchev–Trinajstić information content (AvgIpc) is 2.68. The predicted octanol–water partition coefficient (Wildman–Crippen LogP) is 3.82. The van der Waals surface area contributed by atoms with E-state index >= 15 is 0 Å². The van der Waals surface area contributed by atoms with Crippen LogP contribution in [-0.4, -0.2) is 17.9 Å². The van der Waals surface area contributed by atoms with Crippen molar-refractivity contribution in [3.63, 3.8) is 0 Å². The van der Waals surface area contributed by atoms with Crippen molar-refractivity contribution >= 4 is 23.4 Å². The van der Waals surface area contributed by atoms with Gasteiger partial charge in [0.2, 0.25) is 5.91 Å². The molecule has 2 aromatic carbocycles. The van der Waals surface area contributed by atoms with E-state index in [2.05, 4.69) is 0 Å². The summed E-state index contributed by atoms with van der Waals surface area (Å²) in [6, 6.07) is 13.7. The van der Waals surface area contributed by atoms with E-state index in [9.17, 15) is 14.9 Å². The Bertz CT molecular complexity index is 924. The molecule has 2 N–H and O–H groups in total. The summed E-state index contributed by atoms with van der Waals surface area (Å²) in [4.78, 5) is 23.5. The van der Waals surface area contributed by atoms with Gasteiger partial charge < -0.3 is 10.5 Å². The Morgan fingerprint density at radius 1 is 1.19 bits per heavy atom. The number of rotatable bonds is 6. The summed E-state index contributed by atoms with van der Waals surface area (Å²) in [5.74, 6) is -0.437. The number of ether oxygens (including phenoxy) is 1. The van der Waals surface area contributed by atoms with Gasteiger partial charge in [0.1, 0.15) is 5.75 Å². The number of nitrogens with two attached hydrogens (primary N) is 1. The highest BCUT2D eigenvalue weighted by Gasteiger charge is 2.44. The van der Waals surface area contributed by atoms with E-state index in [1.54, 1.807) is 31.4 Å². The lowest BCUT2D eigenvalue weighted by Gasteiger charge is -2.37. The SMILES string of the molecule is COc1ccccc1C1(Sc2ccc([N+](=O)[O-])cc2)C=CC=CC1C(N)=O. The first-order chi connectivity index (χ1) is 13.0. The summed E-state index contributed by atoms with van der Waals surface area (Å²) in [5, 5.41) is 10.9. The van der Waals surface area contributed by atoms with Crippen LogP contribution >= 0.6 is 11.8 Å².